The van der Waals surface area contributed by atoms with Crippen LogP contribution in [-0.4, -0.2) is 23.3 Å². The van der Waals surface area contributed by atoms with E-state index in [2.05, 4.69) is 0 Å². The Hall–Kier alpha value is -1.78. The molecule has 1 aromatic rings. The number of phenols is 1. The molecule has 0 bridgehead atoms. The van der Waals surface area contributed by atoms with Crippen molar-refractivity contribution in [2.24, 2.45) is 0 Å². The van der Waals surface area contributed by atoms with E-state index in [-0.39, 0.29) is 11.5 Å². The van der Waals surface area contributed by atoms with E-state index in [0.29, 0.717) is 24.0 Å². The maximum Gasteiger partial charge on any atom is 0.314 e. The molecule has 1 fully saturated rings. The molecule has 2 N–H and O–H groups in total. The molecule has 0 amide bonds. The average Bonchev–Trinajstić information content (AvgIpc) is 2.44. The van der Waals surface area contributed by atoms with Gasteiger partial charge in [-0.3, -0.25) is 4.79 Å². The van der Waals surface area contributed by atoms with Crippen molar-refractivity contribution in [3.05, 3.63) is 23.0 Å². The maximum atomic E-state index is 14.0. The summed E-state index contributed by atoms with van der Waals surface area (Å²) in [6, 6.07) is 1.20. The molecule has 20 heavy (non-hydrogen) atoms. The zero-order valence-electron chi connectivity index (χ0n) is 11.7. The summed E-state index contributed by atoms with van der Waals surface area (Å²) in [5.41, 5.74) is -0.361. The van der Waals surface area contributed by atoms with Crippen LogP contribution in [-0.2, 0) is 10.2 Å². The summed E-state index contributed by atoms with van der Waals surface area (Å²) < 4.78 is 18.8. The highest BCUT2D eigenvalue weighted by atomic mass is 19.1. The Kier molecular flexibility index (Phi) is 3.88. The Morgan fingerprint density at radius 1 is 1.35 bits per heavy atom. The van der Waals surface area contributed by atoms with Crippen LogP contribution in [0.15, 0.2) is 6.07 Å². The van der Waals surface area contributed by atoms with Crippen LogP contribution in [0.3, 0.4) is 0 Å². The number of aliphatic carboxylic acids is 1. The fourth-order valence-corrected chi connectivity index (χ4v) is 3.16. The molecular formula is C15H19FO4. The van der Waals surface area contributed by atoms with Crippen LogP contribution in [0.2, 0.25) is 0 Å². The number of carbonyl (C=O) groups is 1. The lowest BCUT2D eigenvalue weighted by Crippen LogP contribution is -2.38. The van der Waals surface area contributed by atoms with Crippen molar-refractivity contribution in [2.45, 2.75) is 44.4 Å². The Bertz CT molecular complexity index is 533. The van der Waals surface area contributed by atoms with E-state index in [4.69, 9.17) is 4.74 Å². The second-order valence-corrected chi connectivity index (χ2v) is 5.36. The fraction of sp³-hybridized carbons (Fsp3) is 0.533. The molecule has 1 aromatic carbocycles. The predicted molar refractivity (Wildman–Crippen MR) is 71.8 cm³/mol. The first kappa shape index (κ1) is 14.6. The lowest BCUT2D eigenvalue weighted by Gasteiger charge is -2.35. The first-order chi connectivity index (χ1) is 9.44. The van der Waals surface area contributed by atoms with Gasteiger partial charge >= 0.3 is 5.97 Å². The predicted octanol–water partition coefficient (Wildman–Crippen LogP) is 3.13. The number of carboxylic acid groups (broad SMARTS) is 1. The molecule has 1 saturated carbocycles. The van der Waals surface area contributed by atoms with Crippen molar-refractivity contribution in [3.8, 4) is 11.5 Å². The summed E-state index contributed by atoms with van der Waals surface area (Å²) in [5.74, 6) is -2.22. The molecule has 0 unspecified atom stereocenters. The number of rotatable bonds is 3. The summed E-state index contributed by atoms with van der Waals surface area (Å²) in [6.07, 6.45) is 3.50. The van der Waals surface area contributed by atoms with Crippen LogP contribution in [0.4, 0.5) is 4.39 Å². The fourth-order valence-electron chi connectivity index (χ4n) is 3.16. The van der Waals surface area contributed by atoms with Crippen LogP contribution in [0, 0.1) is 12.7 Å². The number of hydrogen-bond acceptors (Lipinski definition) is 3. The van der Waals surface area contributed by atoms with E-state index in [1.807, 2.05) is 0 Å². The maximum absolute atomic E-state index is 14.0. The number of carboxylic acids is 1. The van der Waals surface area contributed by atoms with Gasteiger partial charge in [0.25, 0.3) is 0 Å². The van der Waals surface area contributed by atoms with E-state index in [9.17, 15) is 19.4 Å². The van der Waals surface area contributed by atoms with E-state index in [1.165, 1.54) is 13.2 Å². The number of halogens is 1. The number of aromatic hydroxyl groups is 1. The Morgan fingerprint density at radius 2 is 1.95 bits per heavy atom. The van der Waals surface area contributed by atoms with Gasteiger partial charge in [0.05, 0.1) is 12.5 Å². The van der Waals surface area contributed by atoms with E-state index >= 15 is 0 Å². The van der Waals surface area contributed by atoms with E-state index in [0.717, 1.165) is 19.3 Å². The minimum absolute atomic E-state index is 0.234. The van der Waals surface area contributed by atoms with Crippen LogP contribution >= 0.6 is 0 Å². The molecule has 2 rings (SSSR count). The number of benzene rings is 1. The van der Waals surface area contributed by atoms with Gasteiger partial charge in [-0.25, -0.2) is 4.39 Å². The third kappa shape index (κ3) is 2.11. The first-order valence-electron chi connectivity index (χ1n) is 6.74. The van der Waals surface area contributed by atoms with Gasteiger partial charge < -0.3 is 14.9 Å². The highest BCUT2D eigenvalue weighted by Crippen LogP contribution is 2.45. The molecule has 0 aromatic heterocycles. The van der Waals surface area contributed by atoms with Gasteiger partial charge in [-0.15, -0.1) is 0 Å². The lowest BCUT2D eigenvalue weighted by atomic mass is 9.68. The Balaban J connectivity index is 2.63. The van der Waals surface area contributed by atoms with Crippen LogP contribution in [0.5, 0.6) is 11.5 Å². The summed E-state index contributed by atoms with van der Waals surface area (Å²) in [7, 11) is 1.27. The largest absolute Gasteiger partial charge is 0.504 e. The lowest BCUT2D eigenvalue weighted by molar-refractivity contribution is -0.145. The van der Waals surface area contributed by atoms with Crippen molar-refractivity contribution in [3.63, 3.8) is 0 Å². The topological polar surface area (TPSA) is 66.8 Å². The minimum Gasteiger partial charge on any atom is -0.504 e. The smallest absolute Gasteiger partial charge is 0.314 e. The minimum atomic E-state index is -1.10. The number of methoxy groups -OCH3 is 1. The van der Waals surface area contributed by atoms with Crippen molar-refractivity contribution >= 4 is 5.97 Å². The van der Waals surface area contributed by atoms with E-state index < -0.39 is 17.2 Å². The monoisotopic (exact) mass is 282 g/mol. The Morgan fingerprint density at radius 3 is 2.45 bits per heavy atom. The van der Waals surface area contributed by atoms with Gasteiger partial charge in [0.15, 0.2) is 17.3 Å². The van der Waals surface area contributed by atoms with Gasteiger partial charge in [0.2, 0.25) is 0 Å². The average molecular weight is 282 g/mol. The normalized spacial score (nSPS) is 17.8. The molecule has 0 atom stereocenters. The SMILES string of the molecule is COc1c(F)cc(C2(C(=O)O)CCCCC2)c(C)c1O. The van der Waals surface area contributed by atoms with Crippen LogP contribution in [0.1, 0.15) is 43.2 Å². The summed E-state index contributed by atoms with van der Waals surface area (Å²) in [5, 5.41) is 19.7. The van der Waals surface area contributed by atoms with Crippen LogP contribution < -0.4 is 4.74 Å². The van der Waals surface area contributed by atoms with Gasteiger partial charge in [0, 0.05) is 0 Å². The molecule has 0 spiro atoms. The highest BCUT2D eigenvalue weighted by Gasteiger charge is 2.43. The van der Waals surface area contributed by atoms with Gasteiger partial charge in [-0.05, 0) is 37.0 Å². The van der Waals surface area contributed by atoms with Crippen LogP contribution in [0.25, 0.3) is 0 Å². The van der Waals surface area contributed by atoms with Gasteiger partial charge in [-0.1, -0.05) is 19.3 Å². The summed E-state index contributed by atoms with van der Waals surface area (Å²) in [6.45, 7) is 1.60. The van der Waals surface area contributed by atoms with Gasteiger partial charge in [0.1, 0.15) is 0 Å². The molecule has 0 aliphatic heterocycles. The molecule has 0 heterocycles. The van der Waals surface area contributed by atoms with Crippen molar-refractivity contribution in [2.75, 3.05) is 7.11 Å². The Labute approximate surface area is 117 Å². The molecule has 110 valence electrons. The number of ether oxygens (including phenoxy) is 1. The van der Waals surface area contributed by atoms with Gasteiger partial charge in [-0.2, -0.15) is 0 Å². The molecular weight excluding hydrogens is 263 g/mol. The summed E-state index contributed by atoms with van der Waals surface area (Å²) in [4.78, 5) is 11.8. The third-order valence-corrected chi connectivity index (χ3v) is 4.30. The van der Waals surface area contributed by atoms with Crippen molar-refractivity contribution in [1.82, 2.24) is 0 Å². The second-order valence-electron chi connectivity index (χ2n) is 5.36. The number of phenolic OH excluding ortho intramolecular Hbond substituents is 1. The van der Waals surface area contributed by atoms with Crippen molar-refractivity contribution < 1.29 is 24.1 Å². The van der Waals surface area contributed by atoms with Crippen molar-refractivity contribution in [1.29, 1.82) is 0 Å². The quantitative estimate of drug-likeness (QED) is 0.893. The highest BCUT2D eigenvalue weighted by molar-refractivity contribution is 5.82. The first-order valence-corrected chi connectivity index (χ1v) is 6.74. The molecule has 1 aliphatic carbocycles. The molecule has 4 nitrogen and oxygen atoms in total. The summed E-state index contributed by atoms with van der Waals surface area (Å²) >= 11 is 0. The second kappa shape index (κ2) is 5.31. The molecule has 0 saturated heterocycles. The van der Waals surface area contributed by atoms with E-state index in [1.54, 1.807) is 6.92 Å². The standard InChI is InChI=1S/C15H19FO4/c1-9-10(8-11(16)13(20-2)12(9)17)15(14(18)19)6-4-3-5-7-15/h8,17H,3-7H2,1-2H3,(H,18,19). The molecule has 5 heteroatoms. The molecule has 0 radical (unpaired) electrons. The number of hydrogen-bond donors (Lipinski definition) is 2. The zero-order valence-corrected chi connectivity index (χ0v) is 11.7. The third-order valence-electron chi connectivity index (χ3n) is 4.30. The zero-order chi connectivity index (χ0) is 14.9. The molecule has 1 aliphatic rings.